The van der Waals surface area contributed by atoms with Crippen molar-refractivity contribution >= 4 is 11.7 Å². The Bertz CT molecular complexity index is 712. The quantitative estimate of drug-likeness (QED) is 0.678. The number of carboxylic acid groups (broad SMARTS) is 1. The van der Waals surface area contributed by atoms with Crippen LogP contribution in [0.5, 0.6) is 11.8 Å². The molecule has 0 saturated carbocycles. The van der Waals surface area contributed by atoms with Gasteiger partial charge in [0.1, 0.15) is 0 Å². The summed E-state index contributed by atoms with van der Waals surface area (Å²) in [6.07, 6.45) is 2.14. The molecule has 8 nitrogen and oxygen atoms in total. The molecule has 21 heavy (non-hydrogen) atoms. The molecule has 1 heterocycles. The van der Waals surface area contributed by atoms with Crippen molar-refractivity contribution < 1.29 is 19.6 Å². The van der Waals surface area contributed by atoms with Crippen molar-refractivity contribution in [2.45, 2.75) is 13.8 Å². The maximum Gasteiger partial charge on any atom is 0.338 e. The zero-order valence-corrected chi connectivity index (χ0v) is 11.2. The molecule has 1 aromatic carbocycles. The van der Waals surface area contributed by atoms with E-state index in [1.807, 2.05) is 0 Å². The van der Waals surface area contributed by atoms with Gasteiger partial charge in [-0.3, -0.25) is 10.1 Å². The Labute approximate surface area is 119 Å². The van der Waals surface area contributed by atoms with E-state index < -0.39 is 10.9 Å². The highest BCUT2D eigenvalue weighted by Gasteiger charge is 2.20. The summed E-state index contributed by atoms with van der Waals surface area (Å²) < 4.78 is 5.33. The van der Waals surface area contributed by atoms with E-state index in [1.165, 1.54) is 6.07 Å². The lowest BCUT2D eigenvalue weighted by Gasteiger charge is -2.08. The van der Waals surface area contributed by atoms with Crippen molar-refractivity contribution in [2.24, 2.45) is 0 Å². The Morgan fingerprint density at radius 2 is 1.90 bits per heavy atom. The Balaban J connectivity index is 2.39. The molecular formula is C13H11N3O5. The molecule has 0 aliphatic carbocycles. The third-order valence-electron chi connectivity index (χ3n) is 2.66. The molecule has 0 spiro atoms. The van der Waals surface area contributed by atoms with Gasteiger partial charge in [0.05, 0.1) is 10.5 Å². The molecule has 0 atom stereocenters. The molecule has 108 valence electrons. The molecule has 0 aliphatic rings. The van der Waals surface area contributed by atoms with E-state index in [9.17, 15) is 14.9 Å². The van der Waals surface area contributed by atoms with Crippen molar-refractivity contribution in [3.8, 4) is 11.8 Å². The zero-order valence-electron chi connectivity index (χ0n) is 11.2. The first-order chi connectivity index (χ1) is 9.88. The first kappa shape index (κ1) is 14.4. The first-order valence-corrected chi connectivity index (χ1v) is 5.87. The Hall–Kier alpha value is -3.03. The highest BCUT2D eigenvalue weighted by atomic mass is 16.6. The van der Waals surface area contributed by atoms with Crippen LogP contribution in [0.2, 0.25) is 0 Å². The maximum atomic E-state index is 11.1. The van der Waals surface area contributed by atoms with Gasteiger partial charge in [-0.1, -0.05) is 6.07 Å². The summed E-state index contributed by atoms with van der Waals surface area (Å²) in [6, 6.07) is 2.96. The van der Waals surface area contributed by atoms with E-state index in [0.29, 0.717) is 5.56 Å². The molecule has 8 heteroatoms. The van der Waals surface area contributed by atoms with Crippen LogP contribution in [0, 0.1) is 24.0 Å². The second-order valence-corrected chi connectivity index (χ2v) is 4.35. The predicted octanol–water partition coefficient (Wildman–Crippen LogP) is 2.49. The van der Waals surface area contributed by atoms with E-state index in [1.54, 1.807) is 19.9 Å². The van der Waals surface area contributed by atoms with Crippen molar-refractivity contribution in [3.05, 3.63) is 51.3 Å². The van der Waals surface area contributed by atoms with Gasteiger partial charge in [-0.2, -0.15) is 0 Å². The second-order valence-electron chi connectivity index (χ2n) is 4.35. The van der Waals surface area contributed by atoms with Gasteiger partial charge in [0.2, 0.25) is 5.75 Å². The van der Waals surface area contributed by atoms with Crippen LogP contribution in [0.25, 0.3) is 0 Å². The normalized spacial score (nSPS) is 10.2. The minimum Gasteiger partial charge on any atom is -0.478 e. The molecule has 2 rings (SSSR count). The highest BCUT2D eigenvalue weighted by molar-refractivity contribution is 5.86. The Morgan fingerprint density at radius 3 is 2.43 bits per heavy atom. The lowest BCUT2D eigenvalue weighted by atomic mass is 10.1. The molecule has 0 radical (unpaired) electrons. The molecule has 0 fully saturated rings. The molecule has 0 amide bonds. The summed E-state index contributed by atoms with van der Waals surface area (Å²) in [6.45, 7) is 3.41. The minimum atomic E-state index is -1.17. The number of hydrogen-bond donors (Lipinski definition) is 1. The Kier molecular flexibility index (Phi) is 3.79. The molecule has 0 bridgehead atoms. The van der Waals surface area contributed by atoms with Gasteiger partial charge >= 0.3 is 17.7 Å². The van der Waals surface area contributed by atoms with Gasteiger partial charge in [0, 0.05) is 18.5 Å². The van der Waals surface area contributed by atoms with E-state index in [2.05, 4.69) is 9.97 Å². The number of aromatic carboxylic acids is 1. The second kappa shape index (κ2) is 5.53. The number of nitrogens with zero attached hydrogens (tertiary/aromatic N) is 3. The number of aryl methyl sites for hydroxylation is 2. The summed E-state index contributed by atoms with van der Waals surface area (Å²) in [5.41, 5.74) is 0.997. The monoisotopic (exact) mass is 289 g/mol. The number of hydrogen-bond acceptors (Lipinski definition) is 6. The number of aromatic nitrogens is 2. The molecule has 1 aromatic heterocycles. The summed E-state index contributed by atoms with van der Waals surface area (Å²) >= 11 is 0. The van der Waals surface area contributed by atoms with Crippen LogP contribution in [0.15, 0.2) is 24.5 Å². The van der Waals surface area contributed by atoms with Crippen molar-refractivity contribution in [3.63, 3.8) is 0 Å². The van der Waals surface area contributed by atoms with Crippen molar-refractivity contribution in [1.82, 2.24) is 9.97 Å². The summed E-state index contributed by atoms with van der Waals surface area (Å²) in [5, 5.41) is 19.8. The number of ether oxygens (including phenoxy) is 1. The zero-order chi connectivity index (χ0) is 15.6. The van der Waals surface area contributed by atoms with Gasteiger partial charge in [0.15, 0.2) is 0 Å². The average Bonchev–Trinajstić information content (AvgIpc) is 2.41. The third kappa shape index (κ3) is 3.11. The van der Waals surface area contributed by atoms with Gasteiger partial charge in [-0.25, -0.2) is 14.8 Å². The van der Waals surface area contributed by atoms with E-state index in [-0.39, 0.29) is 23.0 Å². The molecule has 0 aliphatic heterocycles. The van der Waals surface area contributed by atoms with Crippen LogP contribution in [0.3, 0.4) is 0 Å². The summed E-state index contributed by atoms with van der Waals surface area (Å²) in [4.78, 5) is 28.7. The lowest BCUT2D eigenvalue weighted by Crippen LogP contribution is -2.02. The van der Waals surface area contributed by atoms with Crippen LogP contribution in [-0.2, 0) is 0 Å². The number of benzene rings is 1. The SMILES string of the molecule is Cc1cc(C)c(Oc2ncc(C(=O)O)cn2)c([N+](=O)[O-])c1. The number of nitro benzene ring substituents is 1. The summed E-state index contributed by atoms with van der Waals surface area (Å²) in [5.74, 6) is -1.13. The fourth-order valence-electron chi connectivity index (χ4n) is 1.77. The van der Waals surface area contributed by atoms with Crippen LogP contribution >= 0.6 is 0 Å². The van der Waals surface area contributed by atoms with E-state index in [0.717, 1.165) is 18.0 Å². The average molecular weight is 289 g/mol. The molecule has 1 N–H and O–H groups in total. The van der Waals surface area contributed by atoms with Gasteiger partial charge < -0.3 is 9.84 Å². The molecule has 0 unspecified atom stereocenters. The van der Waals surface area contributed by atoms with Crippen LogP contribution in [-0.4, -0.2) is 26.0 Å². The number of carboxylic acids is 1. The summed E-state index contributed by atoms with van der Waals surface area (Å²) in [7, 11) is 0. The maximum absolute atomic E-state index is 11.1. The minimum absolute atomic E-state index is 0.0358. The fourth-order valence-corrected chi connectivity index (χ4v) is 1.77. The molecule has 2 aromatic rings. The number of carbonyl (C=O) groups is 1. The molecule has 0 saturated heterocycles. The van der Waals surface area contributed by atoms with Gasteiger partial charge in [-0.05, 0) is 25.0 Å². The van der Waals surface area contributed by atoms with Gasteiger partial charge in [-0.15, -0.1) is 0 Å². The topological polar surface area (TPSA) is 115 Å². The molecular weight excluding hydrogens is 278 g/mol. The smallest absolute Gasteiger partial charge is 0.338 e. The van der Waals surface area contributed by atoms with E-state index in [4.69, 9.17) is 9.84 Å². The number of nitro groups is 1. The number of rotatable bonds is 4. The third-order valence-corrected chi connectivity index (χ3v) is 2.66. The lowest BCUT2D eigenvalue weighted by molar-refractivity contribution is -0.385. The van der Waals surface area contributed by atoms with Crippen molar-refractivity contribution in [1.29, 1.82) is 0 Å². The highest BCUT2D eigenvalue weighted by Crippen LogP contribution is 2.34. The van der Waals surface area contributed by atoms with E-state index >= 15 is 0 Å². The predicted molar refractivity (Wildman–Crippen MR) is 71.6 cm³/mol. The van der Waals surface area contributed by atoms with Gasteiger partial charge in [0.25, 0.3) is 0 Å². The van der Waals surface area contributed by atoms with Crippen molar-refractivity contribution in [2.75, 3.05) is 0 Å². The van der Waals surface area contributed by atoms with Crippen LogP contribution < -0.4 is 4.74 Å². The Morgan fingerprint density at radius 1 is 1.29 bits per heavy atom. The first-order valence-electron chi connectivity index (χ1n) is 5.87. The van der Waals surface area contributed by atoms with Crippen LogP contribution in [0.4, 0.5) is 5.69 Å². The fraction of sp³-hybridized carbons (Fsp3) is 0.154. The van der Waals surface area contributed by atoms with Crippen LogP contribution in [0.1, 0.15) is 21.5 Å². The standard InChI is InChI=1S/C13H11N3O5/c1-7-3-8(2)11(10(4-7)16(19)20)21-13-14-5-9(6-15-13)12(17)18/h3-6H,1-2H3,(H,17,18). The largest absolute Gasteiger partial charge is 0.478 e.